The molecule has 30 heteroatoms. The van der Waals surface area contributed by atoms with E-state index < -0.39 is 157 Å². The number of benzene rings is 1. The lowest BCUT2D eigenvalue weighted by Crippen LogP contribution is -2.62. The monoisotopic (exact) mass is 1190 g/mol. The van der Waals surface area contributed by atoms with Gasteiger partial charge in [0.25, 0.3) is 0 Å². The summed E-state index contributed by atoms with van der Waals surface area (Å²) in [6.45, 7) is 6.39. The first-order chi connectivity index (χ1) is 39.8. The number of rotatable bonds is 28. The number of unbranched alkanes of at least 4 members (excludes halogenated alkanes) is 1. The maximum absolute atomic E-state index is 14.5. The van der Waals surface area contributed by atoms with Crippen LogP contribution in [0.5, 0.6) is 0 Å². The normalized spacial score (nSPS) is 23.3. The van der Waals surface area contributed by atoms with E-state index in [-0.39, 0.29) is 77.7 Å². The lowest BCUT2D eigenvalue weighted by atomic mass is 10.0. The largest absolute Gasteiger partial charge is 0.391 e. The smallest absolute Gasteiger partial charge is 0.245 e. The van der Waals surface area contributed by atoms with Gasteiger partial charge in [0.2, 0.25) is 65.0 Å². The molecule has 14 atom stereocenters. The Kier molecular flexibility index (Phi) is 33.8. The Morgan fingerprint density at radius 1 is 0.548 bits per heavy atom. The van der Waals surface area contributed by atoms with E-state index in [1.165, 1.54) is 20.8 Å². The number of hydrogen-bond donors (Lipinski definition) is 19. The van der Waals surface area contributed by atoms with E-state index in [1.54, 1.807) is 30.3 Å². The lowest BCUT2D eigenvalue weighted by molar-refractivity contribution is -0.137. The Morgan fingerprint density at radius 3 is 1.52 bits per heavy atom. The van der Waals surface area contributed by atoms with Crippen LogP contribution in [0, 0.1) is 5.92 Å². The van der Waals surface area contributed by atoms with E-state index in [2.05, 4.69) is 72.3 Å². The molecule has 0 saturated carbocycles. The second-order valence-corrected chi connectivity index (χ2v) is 21.1. The van der Waals surface area contributed by atoms with Gasteiger partial charge in [-0.1, -0.05) is 63.4 Å². The van der Waals surface area contributed by atoms with Crippen molar-refractivity contribution in [2.24, 2.45) is 34.6 Å². The molecule has 24 N–H and O–H groups in total. The molecule has 0 spiro atoms. The average molecular weight is 1190 g/mol. The van der Waals surface area contributed by atoms with Crippen LogP contribution in [-0.2, 0) is 59.2 Å². The molecule has 1 fully saturated rings. The zero-order chi connectivity index (χ0) is 63.1. The Balaban J connectivity index is 2.66. The third-order valence-corrected chi connectivity index (χ3v) is 14.0. The predicted octanol–water partition coefficient (Wildman–Crippen LogP) is -6.91. The summed E-state index contributed by atoms with van der Waals surface area (Å²) in [4.78, 5) is 153. The SMILES string of the molecule is CCC(C)CCCCC(=O)N[C@@H](CCN)C(=O)N[C@H](C(=O)N[C@@H](CCN)C(=O)NC1CCNC(=O)C([C@@H](C)O)NC(=O)[C@H](CCN)NC(=O)[C@H](CCN)NC(=O)[C@H]([C@@H](C)O)NC(=O)[C@H](Cc2ccccc2)NC(=O)C(CCN)NC1=O)[C@@H](C)O. The van der Waals surface area contributed by atoms with Crippen LogP contribution in [-0.4, -0.2) is 198 Å². The van der Waals surface area contributed by atoms with Gasteiger partial charge < -0.3 is 102 Å². The highest BCUT2D eigenvalue weighted by molar-refractivity contribution is 5.99. The Bertz CT molecular complexity index is 2300. The van der Waals surface area contributed by atoms with Crippen LogP contribution in [0.4, 0.5) is 0 Å². The zero-order valence-electron chi connectivity index (χ0n) is 48.9. The van der Waals surface area contributed by atoms with Gasteiger partial charge in [0.1, 0.15) is 60.4 Å². The molecule has 1 aromatic rings. The molecule has 1 aliphatic rings. The first kappa shape index (κ1) is 73.2. The topological polar surface area (TPSA) is 511 Å². The molecule has 474 valence electrons. The van der Waals surface area contributed by atoms with Crippen molar-refractivity contribution in [3.8, 4) is 0 Å². The number of hydrogen-bond acceptors (Lipinski definition) is 19. The molecule has 11 amide bonds. The van der Waals surface area contributed by atoms with Crippen molar-refractivity contribution in [3.05, 3.63) is 35.9 Å². The molecule has 1 saturated heterocycles. The Labute approximate surface area is 490 Å². The van der Waals surface area contributed by atoms with Crippen LogP contribution in [0.1, 0.15) is 111 Å². The molecule has 0 radical (unpaired) electrons. The molecular weight excluding hydrogens is 1100 g/mol. The minimum Gasteiger partial charge on any atom is -0.391 e. The molecule has 0 bridgehead atoms. The highest BCUT2D eigenvalue weighted by atomic mass is 16.3. The molecule has 30 nitrogen and oxygen atoms in total. The van der Waals surface area contributed by atoms with Crippen molar-refractivity contribution in [1.29, 1.82) is 0 Å². The molecule has 2 rings (SSSR count). The summed E-state index contributed by atoms with van der Waals surface area (Å²) < 4.78 is 0. The van der Waals surface area contributed by atoms with Crippen molar-refractivity contribution in [2.75, 3.05) is 39.3 Å². The highest BCUT2D eigenvalue weighted by Gasteiger charge is 2.38. The van der Waals surface area contributed by atoms with E-state index in [1.807, 2.05) is 0 Å². The quantitative estimate of drug-likeness (QED) is 0.0347. The fraction of sp³-hybridized carbons (Fsp3) is 0.685. The molecule has 1 heterocycles. The zero-order valence-corrected chi connectivity index (χ0v) is 48.9. The molecule has 0 aromatic heterocycles. The number of nitrogens with one attached hydrogen (secondary N) is 11. The average Bonchev–Trinajstić information content (AvgIpc) is 3.67. The van der Waals surface area contributed by atoms with E-state index in [0.717, 1.165) is 19.3 Å². The molecule has 0 aliphatic carbocycles. The molecule has 1 aromatic carbocycles. The number of amides is 11. The predicted molar refractivity (Wildman–Crippen MR) is 308 cm³/mol. The third-order valence-electron chi connectivity index (χ3n) is 14.0. The molecule has 4 unspecified atom stereocenters. The summed E-state index contributed by atoms with van der Waals surface area (Å²) >= 11 is 0. The van der Waals surface area contributed by atoms with Gasteiger partial charge in [0.05, 0.1) is 18.3 Å². The minimum absolute atomic E-state index is 0.0257. The number of carbonyl (C=O) groups excluding carboxylic acids is 11. The Morgan fingerprint density at radius 2 is 1.02 bits per heavy atom. The fourth-order valence-corrected chi connectivity index (χ4v) is 8.79. The fourth-order valence-electron chi connectivity index (χ4n) is 8.79. The Hall–Kier alpha value is -6.93. The van der Waals surface area contributed by atoms with Crippen LogP contribution in [0.2, 0.25) is 0 Å². The van der Waals surface area contributed by atoms with Gasteiger partial charge in [-0.2, -0.15) is 0 Å². The van der Waals surface area contributed by atoms with Crippen molar-refractivity contribution in [1.82, 2.24) is 58.5 Å². The summed E-state index contributed by atoms with van der Waals surface area (Å²) in [5, 5.41) is 59.6. The second kappa shape index (κ2) is 38.8. The van der Waals surface area contributed by atoms with Gasteiger partial charge >= 0.3 is 0 Å². The number of nitrogens with two attached hydrogens (primary N) is 5. The van der Waals surface area contributed by atoms with Crippen molar-refractivity contribution in [3.63, 3.8) is 0 Å². The van der Waals surface area contributed by atoms with Gasteiger partial charge in [-0.05, 0) is 110 Å². The van der Waals surface area contributed by atoms with Crippen LogP contribution in [0.15, 0.2) is 30.3 Å². The van der Waals surface area contributed by atoms with Crippen LogP contribution >= 0.6 is 0 Å². The standard InChI is InChI=1S/C54H94N16O14/c1-6-29(2)12-10-11-15-41(74)61-34(16-22-55)49(79)69-43(31(4)72)53(83)66-37(19-25-58)46(76)64-39-21-27-60-52(82)42(30(3)71)68-50(80)38(20-26-59)63-45(75)36(18-24-57)65-54(84)44(32(5)73)70-51(81)40(28-33-13-8-7-9-14-33)67-47(77)35(17-23-56)62-48(39)78/h7-9,13-14,29-32,34-40,42-44,71-73H,6,10-12,15-28,55-59H2,1-5H3,(H,60,82)(H,61,74)(H,62,78)(H,63,75)(H,64,76)(H,65,84)(H,66,83)(H,67,77)(H,68,80)(H,69,79)(H,70,81)/t29?,30-,31-,32-,34+,35?,36+,37+,38+,39?,40+,42?,43+,44+/m1/s1. The maximum atomic E-state index is 14.5. The van der Waals surface area contributed by atoms with Gasteiger partial charge in [-0.15, -0.1) is 0 Å². The molecule has 84 heavy (non-hydrogen) atoms. The summed E-state index contributed by atoms with van der Waals surface area (Å²) in [5.74, 6) is -9.99. The van der Waals surface area contributed by atoms with Crippen molar-refractivity contribution in [2.45, 2.75) is 190 Å². The van der Waals surface area contributed by atoms with Crippen LogP contribution in [0.25, 0.3) is 0 Å². The van der Waals surface area contributed by atoms with Crippen molar-refractivity contribution < 1.29 is 68.1 Å². The van der Waals surface area contributed by atoms with Gasteiger partial charge in [0, 0.05) is 19.4 Å². The first-order valence-corrected chi connectivity index (χ1v) is 28.7. The maximum Gasteiger partial charge on any atom is 0.245 e. The van der Waals surface area contributed by atoms with Gasteiger partial charge in [-0.3, -0.25) is 52.7 Å². The molecule has 1 aliphatic heterocycles. The van der Waals surface area contributed by atoms with E-state index in [9.17, 15) is 68.1 Å². The second-order valence-electron chi connectivity index (χ2n) is 21.1. The van der Waals surface area contributed by atoms with E-state index >= 15 is 0 Å². The number of aliphatic hydroxyl groups is 3. The highest BCUT2D eigenvalue weighted by Crippen LogP contribution is 2.13. The van der Waals surface area contributed by atoms with Crippen LogP contribution in [0.3, 0.4) is 0 Å². The summed E-state index contributed by atoms with van der Waals surface area (Å²) in [7, 11) is 0. The van der Waals surface area contributed by atoms with Gasteiger partial charge in [-0.25, -0.2) is 0 Å². The first-order valence-electron chi connectivity index (χ1n) is 28.7. The van der Waals surface area contributed by atoms with Crippen molar-refractivity contribution >= 4 is 65.0 Å². The van der Waals surface area contributed by atoms with E-state index in [4.69, 9.17) is 28.7 Å². The summed E-state index contributed by atoms with van der Waals surface area (Å²) in [6.07, 6.45) is -3.08. The number of aliphatic hydroxyl groups excluding tert-OH is 3. The minimum atomic E-state index is -1.77. The molecular formula is C54H94N16O14. The lowest BCUT2D eigenvalue weighted by Gasteiger charge is -2.29. The van der Waals surface area contributed by atoms with Gasteiger partial charge in [0.15, 0.2) is 0 Å². The van der Waals surface area contributed by atoms with E-state index in [0.29, 0.717) is 17.9 Å². The third kappa shape index (κ3) is 25.5. The summed E-state index contributed by atoms with van der Waals surface area (Å²) in [5.41, 5.74) is 29.7. The summed E-state index contributed by atoms with van der Waals surface area (Å²) in [6, 6.07) is -7.36. The van der Waals surface area contributed by atoms with Crippen LogP contribution < -0.4 is 87.2 Å². The number of carbonyl (C=O) groups is 11.